The van der Waals surface area contributed by atoms with Crippen LogP contribution in [0.4, 0.5) is 5.69 Å². The molecular formula is C12H11NO5. The van der Waals surface area contributed by atoms with E-state index in [-0.39, 0.29) is 24.4 Å². The van der Waals surface area contributed by atoms with Crippen LogP contribution in [-0.4, -0.2) is 34.6 Å². The zero-order valence-electron chi connectivity index (χ0n) is 9.37. The second-order valence-corrected chi connectivity index (χ2v) is 4.10. The Morgan fingerprint density at radius 1 is 1.17 bits per heavy atom. The topological polar surface area (TPSA) is 94.9 Å². The summed E-state index contributed by atoms with van der Waals surface area (Å²) in [5.74, 6) is -2.99. The van der Waals surface area contributed by atoms with Crippen molar-refractivity contribution < 1.29 is 24.6 Å². The van der Waals surface area contributed by atoms with Crippen molar-refractivity contribution in [3.63, 3.8) is 0 Å². The molecule has 1 aliphatic heterocycles. The van der Waals surface area contributed by atoms with Crippen molar-refractivity contribution in [1.82, 2.24) is 0 Å². The van der Waals surface area contributed by atoms with E-state index in [1.807, 2.05) is 0 Å². The van der Waals surface area contributed by atoms with Gasteiger partial charge in [0, 0.05) is 18.7 Å². The highest BCUT2D eigenvalue weighted by atomic mass is 16.4. The minimum absolute atomic E-state index is 0.0178. The molecule has 0 saturated carbocycles. The number of aromatic carboxylic acids is 1. The fourth-order valence-corrected chi connectivity index (χ4v) is 1.91. The second-order valence-electron chi connectivity index (χ2n) is 4.10. The van der Waals surface area contributed by atoms with Crippen LogP contribution in [0.25, 0.3) is 0 Å². The van der Waals surface area contributed by atoms with E-state index in [0.29, 0.717) is 5.69 Å². The molecule has 0 spiro atoms. The number of nitrogens with zero attached hydrogens (tertiary/aromatic N) is 1. The number of benzene rings is 1. The molecule has 2 rings (SSSR count). The van der Waals surface area contributed by atoms with Crippen LogP contribution in [0.5, 0.6) is 0 Å². The van der Waals surface area contributed by atoms with Gasteiger partial charge in [-0.25, -0.2) is 4.79 Å². The highest BCUT2D eigenvalue weighted by Gasteiger charge is 2.34. The quantitative estimate of drug-likeness (QED) is 0.827. The van der Waals surface area contributed by atoms with Gasteiger partial charge in [0.2, 0.25) is 5.91 Å². The first-order valence-corrected chi connectivity index (χ1v) is 5.35. The summed E-state index contributed by atoms with van der Waals surface area (Å²) in [5.41, 5.74) is 0.647. The lowest BCUT2D eigenvalue weighted by atomic mass is 10.1. The van der Waals surface area contributed by atoms with Gasteiger partial charge in [0.15, 0.2) is 0 Å². The first-order chi connectivity index (χ1) is 8.49. The Hall–Kier alpha value is -2.37. The number of aliphatic carboxylic acids is 1. The molecule has 6 heteroatoms. The van der Waals surface area contributed by atoms with Crippen LogP contribution in [0.2, 0.25) is 0 Å². The molecule has 1 heterocycles. The Labute approximate surface area is 102 Å². The third-order valence-electron chi connectivity index (χ3n) is 2.90. The van der Waals surface area contributed by atoms with E-state index in [9.17, 15) is 14.4 Å². The number of carbonyl (C=O) groups excluding carboxylic acids is 1. The smallest absolute Gasteiger partial charge is 0.335 e. The van der Waals surface area contributed by atoms with Gasteiger partial charge in [-0.2, -0.15) is 0 Å². The fraction of sp³-hybridized carbons (Fsp3) is 0.250. The monoisotopic (exact) mass is 249 g/mol. The van der Waals surface area contributed by atoms with Crippen LogP contribution >= 0.6 is 0 Å². The number of carboxylic acids is 2. The number of rotatable bonds is 3. The van der Waals surface area contributed by atoms with E-state index in [2.05, 4.69) is 0 Å². The zero-order chi connectivity index (χ0) is 13.3. The second kappa shape index (κ2) is 4.48. The van der Waals surface area contributed by atoms with Crippen LogP contribution in [0.1, 0.15) is 16.8 Å². The molecule has 1 aromatic rings. The molecule has 1 saturated heterocycles. The van der Waals surface area contributed by atoms with E-state index in [1.165, 1.54) is 29.2 Å². The van der Waals surface area contributed by atoms with Gasteiger partial charge >= 0.3 is 11.9 Å². The molecule has 2 N–H and O–H groups in total. The molecular weight excluding hydrogens is 238 g/mol. The highest BCUT2D eigenvalue weighted by Crippen LogP contribution is 2.25. The number of carboxylic acid groups (broad SMARTS) is 2. The molecule has 0 bridgehead atoms. The van der Waals surface area contributed by atoms with Crippen LogP contribution in [0, 0.1) is 5.92 Å². The van der Waals surface area contributed by atoms with Gasteiger partial charge in [0.25, 0.3) is 0 Å². The van der Waals surface area contributed by atoms with Gasteiger partial charge in [0.05, 0.1) is 11.5 Å². The maximum atomic E-state index is 11.7. The predicted octanol–water partition coefficient (Wildman–Crippen LogP) is 0.822. The number of amides is 1. The van der Waals surface area contributed by atoms with Gasteiger partial charge in [0.1, 0.15) is 0 Å². The lowest BCUT2D eigenvalue weighted by Crippen LogP contribution is -2.25. The van der Waals surface area contributed by atoms with Gasteiger partial charge in [-0.1, -0.05) is 0 Å². The average molecular weight is 249 g/mol. The number of carbonyl (C=O) groups is 3. The largest absolute Gasteiger partial charge is 0.481 e. The SMILES string of the molecule is O=C(O)c1ccc(N2C[C@H](C(=O)O)CC2=O)cc1. The molecule has 0 aliphatic carbocycles. The van der Waals surface area contributed by atoms with Crippen LogP contribution in [-0.2, 0) is 9.59 Å². The molecule has 0 radical (unpaired) electrons. The highest BCUT2D eigenvalue weighted by molar-refractivity contribution is 5.99. The zero-order valence-corrected chi connectivity index (χ0v) is 9.37. The minimum Gasteiger partial charge on any atom is -0.481 e. The van der Waals surface area contributed by atoms with Crippen molar-refractivity contribution >= 4 is 23.5 Å². The van der Waals surface area contributed by atoms with Crippen molar-refractivity contribution in [3.8, 4) is 0 Å². The number of hydrogen-bond donors (Lipinski definition) is 2. The van der Waals surface area contributed by atoms with Gasteiger partial charge in [-0.3, -0.25) is 9.59 Å². The summed E-state index contributed by atoms with van der Waals surface area (Å²) in [6, 6.07) is 5.79. The molecule has 1 aromatic carbocycles. The third kappa shape index (κ3) is 2.17. The minimum atomic E-state index is -1.04. The summed E-state index contributed by atoms with van der Waals surface area (Å²) in [5, 5.41) is 17.6. The Morgan fingerprint density at radius 3 is 2.22 bits per heavy atom. The van der Waals surface area contributed by atoms with Crippen LogP contribution < -0.4 is 4.90 Å². The Morgan fingerprint density at radius 2 is 1.78 bits per heavy atom. The van der Waals surface area contributed by atoms with Crippen LogP contribution in [0.15, 0.2) is 24.3 Å². The molecule has 94 valence electrons. The Balaban J connectivity index is 2.19. The van der Waals surface area contributed by atoms with E-state index in [0.717, 1.165) is 0 Å². The van der Waals surface area contributed by atoms with Gasteiger partial charge in [-0.15, -0.1) is 0 Å². The summed E-state index contributed by atoms with van der Waals surface area (Å²) >= 11 is 0. The third-order valence-corrected chi connectivity index (χ3v) is 2.90. The van der Waals surface area contributed by atoms with Gasteiger partial charge in [-0.05, 0) is 24.3 Å². The normalized spacial score (nSPS) is 19.0. The van der Waals surface area contributed by atoms with Crippen LogP contribution in [0.3, 0.4) is 0 Å². The lowest BCUT2D eigenvalue weighted by molar-refractivity contribution is -0.141. The molecule has 0 aromatic heterocycles. The van der Waals surface area contributed by atoms with Crippen molar-refractivity contribution in [2.75, 3.05) is 11.4 Å². The van der Waals surface area contributed by atoms with Gasteiger partial charge < -0.3 is 15.1 Å². The maximum absolute atomic E-state index is 11.7. The van der Waals surface area contributed by atoms with Crippen molar-refractivity contribution in [1.29, 1.82) is 0 Å². The first-order valence-electron chi connectivity index (χ1n) is 5.35. The van der Waals surface area contributed by atoms with E-state index >= 15 is 0 Å². The standard InChI is InChI=1S/C12H11NO5/c14-10-5-8(12(17)18)6-13(10)9-3-1-7(2-4-9)11(15)16/h1-4,8H,5-6H2,(H,15,16)(H,17,18)/t8-/m1/s1. The number of hydrogen-bond acceptors (Lipinski definition) is 3. The average Bonchev–Trinajstić information content (AvgIpc) is 2.71. The van der Waals surface area contributed by atoms with E-state index < -0.39 is 17.9 Å². The van der Waals surface area contributed by atoms with Crippen molar-refractivity contribution in [3.05, 3.63) is 29.8 Å². The molecule has 1 fully saturated rings. The molecule has 1 amide bonds. The van der Waals surface area contributed by atoms with Crippen molar-refractivity contribution in [2.45, 2.75) is 6.42 Å². The lowest BCUT2D eigenvalue weighted by Gasteiger charge is -2.16. The molecule has 1 aliphatic rings. The van der Waals surface area contributed by atoms with Crippen molar-refractivity contribution in [2.24, 2.45) is 5.92 Å². The summed E-state index contributed by atoms with van der Waals surface area (Å²) in [7, 11) is 0. The molecule has 6 nitrogen and oxygen atoms in total. The van der Waals surface area contributed by atoms with E-state index in [1.54, 1.807) is 0 Å². The van der Waals surface area contributed by atoms with E-state index in [4.69, 9.17) is 10.2 Å². The summed E-state index contributed by atoms with van der Waals surface area (Å²) in [6.07, 6.45) is -0.0178. The summed E-state index contributed by atoms with van der Waals surface area (Å²) in [4.78, 5) is 34.5. The molecule has 18 heavy (non-hydrogen) atoms. The summed E-state index contributed by atoms with van der Waals surface area (Å²) < 4.78 is 0. The number of anilines is 1. The summed E-state index contributed by atoms with van der Waals surface area (Å²) in [6.45, 7) is 0.126. The molecule has 1 atom stereocenters. The maximum Gasteiger partial charge on any atom is 0.335 e. The first kappa shape index (κ1) is 12.1. The predicted molar refractivity (Wildman–Crippen MR) is 61.5 cm³/mol. The molecule has 0 unspecified atom stereocenters. The Kier molecular flexibility index (Phi) is 3.01. The Bertz CT molecular complexity index is 508. The fourth-order valence-electron chi connectivity index (χ4n) is 1.91.